The van der Waals surface area contributed by atoms with E-state index in [1.165, 1.54) is 12.1 Å². The first-order chi connectivity index (χ1) is 15.3. The van der Waals surface area contributed by atoms with Crippen LogP contribution in [0.15, 0.2) is 47.4 Å². The van der Waals surface area contributed by atoms with Gasteiger partial charge in [-0.05, 0) is 48.7 Å². The van der Waals surface area contributed by atoms with Crippen LogP contribution in [0.4, 0.5) is 4.39 Å². The molecule has 1 aliphatic rings. The van der Waals surface area contributed by atoms with Gasteiger partial charge in [0.1, 0.15) is 5.82 Å². The first-order valence-electron chi connectivity index (χ1n) is 10.7. The minimum Gasteiger partial charge on any atom is -0.379 e. The summed E-state index contributed by atoms with van der Waals surface area (Å²) in [5, 5.41) is 2.89. The third-order valence-corrected chi connectivity index (χ3v) is 7.11. The van der Waals surface area contributed by atoms with Crippen molar-refractivity contribution in [2.45, 2.75) is 31.2 Å². The molecule has 1 heterocycles. The minimum absolute atomic E-state index is 0.000315. The van der Waals surface area contributed by atoms with E-state index in [0.717, 1.165) is 11.1 Å². The predicted octanol–water partition coefficient (Wildman–Crippen LogP) is 2.30. The van der Waals surface area contributed by atoms with Crippen molar-refractivity contribution in [3.05, 3.63) is 65.0 Å². The van der Waals surface area contributed by atoms with Crippen LogP contribution < -0.4 is 10.0 Å². The Balaban J connectivity index is 1.55. The smallest absolute Gasteiger partial charge is 0.240 e. The first kappa shape index (κ1) is 24.3. The van der Waals surface area contributed by atoms with Crippen molar-refractivity contribution in [3.8, 4) is 0 Å². The van der Waals surface area contributed by atoms with Gasteiger partial charge in [-0.2, -0.15) is 0 Å². The molecule has 0 bridgehead atoms. The molecule has 0 saturated carbocycles. The van der Waals surface area contributed by atoms with Gasteiger partial charge in [-0.3, -0.25) is 9.69 Å². The Morgan fingerprint density at radius 2 is 1.81 bits per heavy atom. The highest BCUT2D eigenvalue weighted by molar-refractivity contribution is 7.89. The summed E-state index contributed by atoms with van der Waals surface area (Å²) >= 11 is 0. The van der Waals surface area contributed by atoms with Gasteiger partial charge in [0.05, 0.1) is 24.2 Å². The van der Waals surface area contributed by atoms with Gasteiger partial charge >= 0.3 is 0 Å². The number of ether oxygens (including phenoxy) is 1. The number of nitrogens with one attached hydrogen (secondary N) is 2. The van der Waals surface area contributed by atoms with Crippen LogP contribution in [-0.4, -0.2) is 58.6 Å². The average molecular weight is 464 g/mol. The summed E-state index contributed by atoms with van der Waals surface area (Å²) in [6.45, 7) is 6.55. The topological polar surface area (TPSA) is 87.7 Å². The summed E-state index contributed by atoms with van der Waals surface area (Å²) in [6, 6.07) is 11.4. The highest BCUT2D eigenvalue weighted by Crippen LogP contribution is 2.22. The maximum atomic E-state index is 13.4. The van der Waals surface area contributed by atoms with Crippen molar-refractivity contribution in [1.29, 1.82) is 0 Å². The molecule has 0 radical (unpaired) electrons. The van der Waals surface area contributed by atoms with Crippen molar-refractivity contribution >= 4 is 15.9 Å². The molecule has 2 aromatic carbocycles. The number of nitrogens with zero attached hydrogens (tertiary/aromatic N) is 1. The molecule has 174 valence electrons. The molecule has 3 rings (SSSR count). The molecule has 1 atom stereocenters. The van der Waals surface area contributed by atoms with E-state index in [-0.39, 0.29) is 35.6 Å². The molecular formula is C23H30FN3O4S. The zero-order chi connectivity index (χ0) is 23.1. The van der Waals surface area contributed by atoms with E-state index in [4.69, 9.17) is 4.74 Å². The third-order valence-electron chi connectivity index (χ3n) is 5.51. The van der Waals surface area contributed by atoms with E-state index >= 15 is 0 Å². The molecule has 9 heteroatoms. The second-order valence-electron chi connectivity index (χ2n) is 7.94. The summed E-state index contributed by atoms with van der Waals surface area (Å²) in [5.41, 5.74) is 2.41. The van der Waals surface area contributed by atoms with Crippen LogP contribution in [0, 0.1) is 19.7 Å². The number of benzene rings is 2. The largest absolute Gasteiger partial charge is 0.379 e. The molecule has 1 saturated heterocycles. The van der Waals surface area contributed by atoms with Crippen LogP contribution >= 0.6 is 0 Å². The Kier molecular flexibility index (Phi) is 8.36. The Hall–Kier alpha value is -2.33. The van der Waals surface area contributed by atoms with Crippen LogP contribution in [0.25, 0.3) is 0 Å². The lowest BCUT2D eigenvalue weighted by atomic mass is 10.0. The van der Waals surface area contributed by atoms with Crippen molar-refractivity contribution in [2.75, 3.05) is 39.4 Å². The number of rotatable bonds is 9. The zero-order valence-corrected chi connectivity index (χ0v) is 19.3. The normalized spacial score (nSPS) is 16.0. The summed E-state index contributed by atoms with van der Waals surface area (Å²) < 4.78 is 46.4. The molecular weight excluding hydrogens is 433 g/mol. The number of hydrogen-bond acceptors (Lipinski definition) is 5. The predicted molar refractivity (Wildman–Crippen MR) is 120 cm³/mol. The second-order valence-corrected chi connectivity index (χ2v) is 9.67. The Labute approximate surface area is 189 Å². The molecule has 1 amide bonds. The van der Waals surface area contributed by atoms with E-state index in [1.54, 1.807) is 31.2 Å². The molecule has 0 aliphatic carbocycles. The number of carbonyl (C=O) groups is 1. The number of hydrogen-bond donors (Lipinski definition) is 2. The summed E-state index contributed by atoms with van der Waals surface area (Å²) in [6.07, 6.45) is 0.0172. The summed E-state index contributed by atoms with van der Waals surface area (Å²) in [7, 11) is -3.69. The molecule has 0 aromatic heterocycles. The molecule has 2 N–H and O–H groups in total. The van der Waals surface area contributed by atoms with Crippen molar-refractivity contribution in [2.24, 2.45) is 0 Å². The molecule has 2 aromatic rings. The highest BCUT2D eigenvalue weighted by Gasteiger charge is 2.23. The Morgan fingerprint density at radius 1 is 1.12 bits per heavy atom. The van der Waals surface area contributed by atoms with Crippen molar-refractivity contribution < 1.29 is 22.3 Å². The summed E-state index contributed by atoms with van der Waals surface area (Å²) in [4.78, 5) is 14.8. The second kappa shape index (κ2) is 11.0. The van der Waals surface area contributed by atoms with E-state index in [2.05, 4.69) is 14.9 Å². The SMILES string of the molecule is Cc1ccc(C)c(S(=O)(=O)NCCC(=O)NCC(c2ccc(F)cc2)N2CCOCC2)c1. The van der Waals surface area contributed by atoms with Gasteiger partial charge in [0.15, 0.2) is 0 Å². The van der Waals surface area contributed by atoms with E-state index in [1.807, 2.05) is 13.0 Å². The zero-order valence-electron chi connectivity index (χ0n) is 18.4. The van der Waals surface area contributed by atoms with Gasteiger partial charge in [0, 0.05) is 32.6 Å². The van der Waals surface area contributed by atoms with Gasteiger partial charge in [-0.15, -0.1) is 0 Å². The molecule has 1 unspecified atom stereocenters. The van der Waals surface area contributed by atoms with Gasteiger partial charge in [0.25, 0.3) is 0 Å². The maximum Gasteiger partial charge on any atom is 0.240 e. The van der Waals surface area contributed by atoms with Crippen LogP contribution in [0.5, 0.6) is 0 Å². The number of aryl methyl sites for hydroxylation is 2. The number of sulfonamides is 1. The van der Waals surface area contributed by atoms with Gasteiger partial charge in [0.2, 0.25) is 15.9 Å². The lowest BCUT2D eigenvalue weighted by molar-refractivity contribution is -0.121. The Bertz CT molecular complexity index is 1020. The van der Waals surface area contributed by atoms with Crippen molar-refractivity contribution in [3.63, 3.8) is 0 Å². The lowest BCUT2D eigenvalue weighted by Crippen LogP contribution is -2.44. The first-order valence-corrected chi connectivity index (χ1v) is 12.2. The minimum atomic E-state index is -3.69. The van der Waals surface area contributed by atoms with Crippen LogP contribution in [0.1, 0.15) is 29.2 Å². The number of amides is 1. The fourth-order valence-electron chi connectivity index (χ4n) is 3.70. The van der Waals surface area contributed by atoms with Gasteiger partial charge in [-0.1, -0.05) is 24.3 Å². The standard InChI is InChI=1S/C23H30FN3O4S/c1-17-3-4-18(2)22(15-17)32(29,30)26-10-9-23(28)25-16-21(27-11-13-31-14-12-27)19-5-7-20(24)8-6-19/h3-8,15,21,26H,9-14,16H2,1-2H3,(H,25,28). The van der Waals surface area contributed by atoms with Gasteiger partial charge in [-0.25, -0.2) is 17.5 Å². The Morgan fingerprint density at radius 3 is 2.50 bits per heavy atom. The summed E-state index contributed by atoms with van der Waals surface area (Å²) in [5.74, 6) is -0.566. The molecule has 7 nitrogen and oxygen atoms in total. The molecule has 32 heavy (non-hydrogen) atoms. The highest BCUT2D eigenvalue weighted by atomic mass is 32.2. The maximum absolute atomic E-state index is 13.4. The van der Waals surface area contributed by atoms with Crippen LogP contribution in [-0.2, 0) is 19.6 Å². The fraction of sp³-hybridized carbons (Fsp3) is 0.435. The molecule has 0 spiro atoms. The van der Waals surface area contributed by atoms with E-state index in [0.29, 0.717) is 38.4 Å². The number of halogens is 1. The molecule has 1 aliphatic heterocycles. The van der Waals surface area contributed by atoms with Crippen LogP contribution in [0.2, 0.25) is 0 Å². The lowest BCUT2D eigenvalue weighted by Gasteiger charge is -2.35. The van der Waals surface area contributed by atoms with Crippen molar-refractivity contribution in [1.82, 2.24) is 14.9 Å². The van der Waals surface area contributed by atoms with Gasteiger partial charge < -0.3 is 10.1 Å². The average Bonchev–Trinajstić information content (AvgIpc) is 2.77. The number of carbonyl (C=O) groups excluding carboxylic acids is 1. The van der Waals surface area contributed by atoms with E-state index < -0.39 is 10.0 Å². The quantitative estimate of drug-likeness (QED) is 0.596. The molecule has 1 fully saturated rings. The van der Waals surface area contributed by atoms with E-state index in [9.17, 15) is 17.6 Å². The fourth-order valence-corrected chi connectivity index (χ4v) is 5.06. The van der Waals surface area contributed by atoms with Crippen LogP contribution in [0.3, 0.4) is 0 Å². The number of morpholine rings is 1. The monoisotopic (exact) mass is 463 g/mol. The third kappa shape index (κ3) is 6.59.